The standard InChI is InChI=1S/C17H15F2NO/c1-2-20-17(12-7-5-8-14(18)16(12)19)13-10-21-15-9-4-3-6-11(13)15/h3-10,17,20H,2H2,1H3. The van der Waals surface area contributed by atoms with Crippen LogP contribution >= 0.6 is 0 Å². The van der Waals surface area contributed by atoms with Crippen LogP contribution in [0.15, 0.2) is 53.1 Å². The molecule has 0 bridgehead atoms. The van der Waals surface area contributed by atoms with Gasteiger partial charge in [0.05, 0.1) is 12.3 Å². The minimum Gasteiger partial charge on any atom is -0.464 e. The molecule has 1 atom stereocenters. The first-order valence-corrected chi connectivity index (χ1v) is 6.85. The van der Waals surface area contributed by atoms with Gasteiger partial charge in [-0.2, -0.15) is 0 Å². The van der Waals surface area contributed by atoms with Gasteiger partial charge in [-0.05, 0) is 18.7 Å². The van der Waals surface area contributed by atoms with Crippen LogP contribution in [0.4, 0.5) is 8.78 Å². The summed E-state index contributed by atoms with van der Waals surface area (Å²) in [5.74, 6) is -1.67. The minimum absolute atomic E-state index is 0.281. The largest absolute Gasteiger partial charge is 0.464 e. The van der Waals surface area contributed by atoms with Gasteiger partial charge in [-0.25, -0.2) is 8.78 Å². The zero-order valence-electron chi connectivity index (χ0n) is 11.6. The SMILES string of the molecule is CCNC(c1cccc(F)c1F)c1coc2ccccc12. The van der Waals surface area contributed by atoms with Crippen LogP contribution in [0.1, 0.15) is 24.1 Å². The minimum atomic E-state index is -0.844. The summed E-state index contributed by atoms with van der Waals surface area (Å²) < 4.78 is 33.1. The summed E-state index contributed by atoms with van der Waals surface area (Å²) in [6, 6.07) is 11.3. The zero-order valence-corrected chi connectivity index (χ0v) is 11.6. The van der Waals surface area contributed by atoms with Crippen LogP contribution in [0.2, 0.25) is 0 Å². The van der Waals surface area contributed by atoms with Gasteiger partial charge in [0, 0.05) is 16.5 Å². The van der Waals surface area contributed by atoms with E-state index < -0.39 is 17.7 Å². The molecule has 3 rings (SSSR count). The van der Waals surface area contributed by atoms with E-state index in [1.807, 2.05) is 31.2 Å². The fourth-order valence-electron chi connectivity index (χ4n) is 2.56. The molecule has 0 aliphatic heterocycles. The molecule has 1 aromatic heterocycles. The Bertz CT molecular complexity index is 766. The maximum Gasteiger partial charge on any atom is 0.163 e. The van der Waals surface area contributed by atoms with Crippen molar-refractivity contribution in [2.45, 2.75) is 13.0 Å². The van der Waals surface area contributed by atoms with Gasteiger partial charge >= 0.3 is 0 Å². The molecule has 3 aromatic rings. The predicted octanol–water partition coefficient (Wildman–Crippen LogP) is 4.41. The fraction of sp³-hybridized carbons (Fsp3) is 0.176. The van der Waals surface area contributed by atoms with Crippen LogP contribution < -0.4 is 5.32 Å². The lowest BCUT2D eigenvalue weighted by atomic mass is 9.97. The third-order valence-corrected chi connectivity index (χ3v) is 3.52. The molecule has 0 radical (unpaired) electrons. The molecule has 21 heavy (non-hydrogen) atoms. The summed E-state index contributed by atoms with van der Waals surface area (Å²) >= 11 is 0. The lowest BCUT2D eigenvalue weighted by Gasteiger charge is -2.18. The highest BCUT2D eigenvalue weighted by atomic mass is 19.2. The Balaban J connectivity index is 2.16. The number of hydrogen-bond donors (Lipinski definition) is 1. The van der Waals surface area contributed by atoms with Crippen molar-refractivity contribution < 1.29 is 13.2 Å². The second kappa shape index (κ2) is 5.66. The molecule has 0 saturated heterocycles. The number of hydrogen-bond acceptors (Lipinski definition) is 2. The van der Waals surface area contributed by atoms with Crippen molar-refractivity contribution >= 4 is 11.0 Å². The van der Waals surface area contributed by atoms with E-state index in [1.165, 1.54) is 6.07 Å². The molecule has 0 fully saturated rings. The van der Waals surface area contributed by atoms with E-state index in [0.717, 1.165) is 22.6 Å². The second-order valence-corrected chi connectivity index (χ2v) is 4.82. The number of halogens is 2. The molecular formula is C17H15F2NO. The van der Waals surface area contributed by atoms with E-state index in [2.05, 4.69) is 5.32 Å². The van der Waals surface area contributed by atoms with Crippen molar-refractivity contribution in [3.8, 4) is 0 Å². The Morgan fingerprint density at radius 2 is 1.86 bits per heavy atom. The molecule has 1 unspecified atom stereocenters. The van der Waals surface area contributed by atoms with Crippen LogP contribution in [-0.2, 0) is 0 Å². The summed E-state index contributed by atoms with van der Waals surface area (Å²) in [6.45, 7) is 2.55. The lowest BCUT2D eigenvalue weighted by Crippen LogP contribution is -2.23. The summed E-state index contributed by atoms with van der Waals surface area (Å²) in [6.07, 6.45) is 1.60. The zero-order chi connectivity index (χ0) is 14.8. The molecule has 4 heteroatoms. The predicted molar refractivity (Wildman–Crippen MR) is 78.1 cm³/mol. The molecule has 0 saturated carbocycles. The van der Waals surface area contributed by atoms with Crippen molar-refractivity contribution in [3.05, 3.63) is 71.5 Å². The first-order valence-electron chi connectivity index (χ1n) is 6.85. The van der Waals surface area contributed by atoms with Crippen molar-refractivity contribution in [1.29, 1.82) is 0 Å². The van der Waals surface area contributed by atoms with Crippen LogP contribution in [0, 0.1) is 11.6 Å². The third kappa shape index (κ3) is 2.43. The summed E-state index contributed by atoms with van der Waals surface area (Å²) in [5, 5.41) is 4.09. The Kier molecular flexibility index (Phi) is 3.71. The highest BCUT2D eigenvalue weighted by molar-refractivity contribution is 5.81. The van der Waals surface area contributed by atoms with Gasteiger partial charge in [0.2, 0.25) is 0 Å². The van der Waals surface area contributed by atoms with Crippen molar-refractivity contribution in [2.75, 3.05) is 6.54 Å². The van der Waals surface area contributed by atoms with Crippen molar-refractivity contribution in [3.63, 3.8) is 0 Å². The fourth-order valence-corrected chi connectivity index (χ4v) is 2.56. The van der Waals surface area contributed by atoms with Gasteiger partial charge in [-0.3, -0.25) is 0 Å². The van der Waals surface area contributed by atoms with Crippen LogP contribution in [0.3, 0.4) is 0 Å². The topological polar surface area (TPSA) is 25.2 Å². The second-order valence-electron chi connectivity index (χ2n) is 4.82. The number of nitrogens with one attached hydrogen (secondary N) is 1. The molecule has 0 amide bonds. The number of para-hydroxylation sites is 1. The maximum absolute atomic E-state index is 14.1. The van der Waals surface area contributed by atoms with E-state index >= 15 is 0 Å². The third-order valence-electron chi connectivity index (χ3n) is 3.52. The molecule has 0 aliphatic carbocycles. The molecule has 2 nitrogen and oxygen atoms in total. The normalized spacial score (nSPS) is 12.7. The summed E-state index contributed by atoms with van der Waals surface area (Å²) in [4.78, 5) is 0. The van der Waals surface area contributed by atoms with Crippen LogP contribution in [0.5, 0.6) is 0 Å². The average molecular weight is 287 g/mol. The Morgan fingerprint density at radius 3 is 2.67 bits per heavy atom. The van der Waals surface area contributed by atoms with Crippen molar-refractivity contribution in [1.82, 2.24) is 5.32 Å². The average Bonchev–Trinajstić information content (AvgIpc) is 2.92. The van der Waals surface area contributed by atoms with Gasteiger partial charge in [-0.1, -0.05) is 37.3 Å². The molecule has 2 aromatic carbocycles. The molecule has 108 valence electrons. The van der Waals surface area contributed by atoms with Crippen LogP contribution in [-0.4, -0.2) is 6.54 Å². The monoisotopic (exact) mass is 287 g/mol. The number of fused-ring (bicyclic) bond motifs is 1. The lowest BCUT2D eigenvalue weighted by molar-refractivity contribution is 0.482. The highest BCUT2D eigenvalue weighted by Crippen LogP contribution is 2.32. The Morgan fingerprint density at radius 1 is 1.05 bits per heavy atom. The number of rotatable bonds is 4. The maximum atomic E-state index is 14.1. The van der Waals surface area contributed by atoms with E-state index in [4.69, 9.17) is 4.42 Å². The van der Waals surface area contributed by atoms with Gasteiger partial charge < -0.3 is 9.73 Å². The Labute approximate surface area is 121 Å². The quantitative estimate of drug-likeness (QED) is 0.769. The molecule has 0 spiro atoms. The number of furan rings is 1. The molecule has 1 N–H and O–H groups in total. The van der Waals surface area contributed by atoms with Crippen molar-refractivity contribution in [2.24, 2.45) is 0 Å². The first kappa shape index (κ1) is 13.8. The summed E-state index contributed by atoms with van der Waals surface area (Å²) in [7, 11) is 0. The van der Waals surface area contributed by atoms with E-state index in [9.17, 15) is 8.78 Å². The molecule has 1 heterocycles. The van der Waals surface area contributed by atoms with Crippen LogP contribution in [0.25, 0.3) is 11.0 Å². The van der Waals surface area contributed by atoms with Gasteiger partial charge in [-0.15, -0.1) is 0 Å². The van der Waals surface area contributed by atoms with E-state index in [1.54, 1.807) is 12.3 Å². The van der Waals surface area contributed by atoms with E-state index in [-0.39, 0.29) is 5.56 Å². The van der Waals surface area contributed by atoms with Gasteiger partial charge in [0.1, 0.15) is 5.58 Å². The smallest absolute Gasteiger partial charge is 0.163 e. The summed E-state index contributed by atoms with van der Waals surface area (Å²) in [5.41, 5.74) is 1.81. The first-order chi connectivity index (χ1) is 10.2. The molecular weight excluding hydrogens is 272 g/mol. The Hall–Kier alpha value is -2.20. The van der Waals surface area contributed by atoms with E-state index in [0.29, 0.717) is 6.54 Å². The number of benzene rings is 2. The van der Waals surface area contributed by atoms with Gasteiger partial charge in [0.15, 0.2) is 11.6 Å². The highest BCUT2D eigenvalue weighted by Gasteiger charge is 2.22. The van der Waals surface area contributed by atoms with Gasteiger partial charge in [0.25, 0.3) is 0 Å². The molecule has 0 aliphatic rings.